The molecule has 1 nitrogen and oxygen atoms in total. The van der Waals surface area contributed by atoms with Gasteiger partial charge in [0.2, 0.25) is 0 Å². The summed E-state index contributed by atoms with van der Waals surface area (Å²) >= 11 is 0. The van der Waals surface area contributed by atoms with Gasteiger partial charge in [0.1, 0.15) is 0 Å². The van der Waals surface area contributed by atoms with Crippen molar-refractivity contribution >= 4 is 11.1 Å². The highest BCUT2D eigenvalue weighted by atomic mass is 14.5. The molecule has 2 rings (SSSR count). The van der Waals surface area contributed by atoms with E-state index in [-0.39, 0.29) is 0 Å². The summed E-state index contributed by atoms with van der Waals surface area (Å²) in [5.41, 5.74) is 10.7. The summed E-state index contributed by atoms with van der Waals surface area (Å²) in [4.78, 5) is 0. The van der Waals surface area contributed by atoms with E-state index in [0.717, 1.165) is 38.6 Å². The average molecular weight is 348 g/mol. The maximum absolute atomic E-state index is 5.72. The van der Waals surface area contributed by atoms with E-state index >= 15 is 0 Å². The Labute approximate surface area is 159 Å². The molecule has 0 aromatic heterocycles. The predicted molar refractivity (Wildman–Crippen MR) is 116 cm³/mol. The Bertz CT molecular complexity index is 672. The molecule has 26 heavy (non-hydrogen) atoms. The van der Waals surface area contributed by atoms with Crippen molar-refractivity contribution in [2.24, 2.45) is 17.6 Å². The second-order valence-electron chi connectivity index (χ2n) is 7.10. The van der Waals surface area contributed by atoms with Gasteiger partial charge in [0.15, 0.2) is 0 Å². The van der Waals surface area contributed by atoms with Crippen LogP contribution in [-0.2, 0) is 0 Å². The van der Waals surface area contributed by atoms with Crippen molar-refractivity contribution in [2.45, 2.75) is 39.0 Å². The van der Waals surface area contributed by atoms with Crippen molar-refractivity contribution in [2.75, 3.05) is 6.54 Å². The van der Waals surface area contributed by atoms with E-state index in [0.29, 0.717) is 11.8 Å². The van der Waals surface area contributed by atoms with Crippen LogP contribution in [0.4, 0.5) is 0 Å². The number of rotatable bonds is 11. The van der Waals surface area contributed by atoms with Gasteiger partial charge in [-0.15, -0.1) is 0 Å². The molecule has 0 amide bonds. The van der Waals surface area contributed by atoms with Gasteiger partial charge in [-0.2, -0.15) is 0 Å². The highest BCUT2D eigenvalue weighted by Gasteiger charge is 2.21. The summed E-state index contributed by atoms with van der Waals surface area (Å²) in [7, 11) is 0. The van der Waals surface area contributed by atoms with Gasteiger partial charge in [-0.3, -0.25) is 0 Å². The maximum atomic E-state index is 5.72. The molecule has 0 bridgehead atoms. The van der Waals surface area contributed by atoms with E-state index in [1.807, 2.05) is 0 Å². The molecular weight excluding hydrogens is 314 g/mol. The third-order valence-electron chi connectivity index (χ3n) is 5.34. The second-order valence-corrected chi connectivity index (χ2v) is 7.10. The molecule has 0 heterocycles. The van der Waals surface area contributed by atoms with Crippen LogP contribution in [0.3, 0.4) is 0 Å². The zero-order valence-electron chi connectivity index (χ0n) is 16.2. The van der Waals surface area contributed by atoms with Crippen LogP contribution in [0, 0.1) is 11.8 Å². The number of hydrogen-bond acceptors (Lipinski definition) is 1. The molecule has 0 radical (unpaired) electrons. The van der Waals surface area contributed by atoms with Gasteiger partial charge in [-0.25, -0.2) is 0 Å². The number of hydrogen-bond donors (Lipinski definition) is 1. The quantitative estimate of drug-likeness (QED) is 0.457. The van der Waals surface area contributed by atoms with Gasteiger partial charge >= 0.3 is 0 Å². The molecule has 0 unspecified atom stereocenters. The highest BCUT2D eigenvalue weighted by Crippen LogP contribution is 2.37. The molecule has 0 saturated heterocycles. The van der Waals surface area contributed by atoms with Crippen LogP contribution < -0.4 is 5.73 Å². The van der Waals surface area contributed by atoms with Crippen molar-refractivity contribution in [1.29, 1.82) is 0 Å². The lowest BCUT2D eigenvalue weighted by Gasteiger charge is -2.26. The van der Waals surface area contributed by atoms with Crippen LogP contribution in [0.15, 0.2) is 73.8 Å². The molecule has 2 N–H and O–H groups in total. The zero-order chi connectivity index (χ0) is 18.8. The zero-order valence-corrected chi connectivity index (χ0v) is 16.2. The van der Waals surface area contributed by atoms with Gasteiger partial charge in [0.25, 0.3) is 0 Å². The molecule has 0 saturated carbocycles. The number of benzene rings is 2. The first-order chi connectivity index (χ1) is 12.7. The highest BCUT2D eigenvalue weighted by molar-refractivity contribution is 5.68. The molecule has 0 aliphatic heterocycles. The van der Waals surface area contributed by atoms with Crippen molar-refractivity contribution < 1.29 is 0 Å². The number of allylic oxidation sites excluding steroid dienone is 2. The van der Waals surface area contributed by atoms with E-state index in [9.17, 15) is 0 Å². The minimum atomic E-state index is 0.467. The smallest absolute Gasteiger partial charge is 0.00773 e. The first-order valence-corrected chi connectivity index (χ1v) is 9.85. The lowest BCUT2D eigenvalue weighted by molar-refractivity contribution is 0.454. The molecule has 138 valence electrons. The normalized spacial score (nSPS) is 13.2. The molecule has 2 atom stereocenters. The lowest BCUT2D eigenvalue weighted by Crippen LogP contribution is -2.12. The van der Waals surface area contributed by atoms with Crippen molar-refractivity contribution in [1.82, 2.24) is 0 Å². The van der Waals surface area contributed by atoms with Gasteiger partial charge in [-0.05, 0) is 66.3 Å². The minimum Gasteiger partial charge on any atom is -0.330 e. The maximum Gasteiger partial charge on any atom is -0.00773 e. The summed E-state index contributed by atoms with van der Waals surface area (Å²) in [6.45, 7) is 11.9. The molecule has 2 aromatic carbocycles. The van der Waals surface area contributed by atoms with Crippen molar-refractivity contribution in [3.63, 3.8) is 0 Å². The number of unbranched alkanes of at least 4 members (excludes halogenated alkanes) is 1. The van der Waals surface area contributed by atoms with E-state index < -0.39 is 0 Å². The Balaban J connectivity index is 2.15. The molecule has 1 heteroatoms. The molecule has 0 aliphatic carbocycles. The fraction of sp³-hybridized carbons (Fsp3) is 0.360. The first-order valence-electron chi connectivity index (χ1n) is 9.85. The first kappa shape index (κ1) is 20.2. The van der Waals surface area contributed by atoms with E-state index in [2.05, 4.69) is 80.7 Å². The van der Waals surface area contributed by atoms with Crippen LogP contribution in [0.2, 0.25) is 0 Å². The lowest BCUT2D eigenvalue weighted by atomic mass is 9.78. The fourth-order valence-corrected chi connectivity index (χ4v) is 3.64. The largest absolute Gasteiger partial charge is 0.330 e. The third-order valence-corrected chi connectivity index (χ3v) is 5.34. The monoisotopic (exact) mass is 347 g/mol. The topological polar surface area (TPSA) is 26.0 Å². The molecule has 0 fully saturated rings. The summed E-state index contributed by atoms with van der Waals surface area (Å²) in [5, 5.41) is 0. The Morgan fingerprint density at radius 2 is 1.31 bits per heavy atom. The van der Waals surface area contributed by atoms with E-state index in [1.54, 1.807) is 0 Å². The van der Waals surface area contributed by atoms with Crippen molar-refractivity contribution in [3.05, 3.63) is 84.9 Å². The average Bonchev–Trinajstić information content (AvgIpc) is 2.71. The van der Waals surface area contributed by atoms with Crippen molar-refractivity contribution in [3.8, 4) is 0 Å². The van der Waals surface area contributed by atoms with Gasteiger partial charge in [-0.1, -0.05) is 87.2 Å². The van der Waals surface area contributed by atoms with Crippen LogP contribution in [0.1, 0.15) is 50.2 Å². The molecule has 0 aliphatic rings. The fourth-order valence-electron chi connectivity index (χ4n) is 3.64. The Kier molecular flexibility index (Phi) is 8.37. The van der Waals surface area contributed by atoms with E-state index in [4.69, 9.17) is 5.73 Å². The standard InChI is InChI=1S/C25H33N/c1-4-22(20(2)23-13-7-5-8-14-23)19-25(17-11-12-18-26)21(3)24-15-9-6-10-16-24/h5-10,13-16,22,25H,2-4,11-12,17-19,26H2,1H3/t22-,25-/m0/s1. The van der Waals surface area contributed by atoms with Gasteiger partial charge in [0, 0.05) is 0 Å². The number of nitrogens with two attached hydrogens (primary N) is 1. The molecule has 0 spiro atoms. The second kappa shape index (κ2) is 10.8. The Morgan fingerprint density at radius 3 is 1.77 bits per heavy atom. The van der Waals surface area contributed by atoms with Crippen LogP contribution in [0.5, 0.6) is 0 Å². The minimum absolute atomic E-state index is 0.467. The van der Waals surface area contributed by atoms with Crippen LogP contribution >= 0.6 is 0 Å². The van der Waals surface area contributed by atoms with Crippen LogP contribution in [-0.4, -0.2) is 6.54 Å². The third kappa shape index (κ3) is 5.71. The Hall–Kier alpha value is -2.12. The van der Waals surface area contributed by atoms with E-state index in [1.165, 1.54) is 22.3 Å². The molecule has 2 aromatic rings. The summed E-state index contributed by atoms with van der Waals surface area (Å²) in [5.74, 6) is 0.940. The predicted octanol–water partition coefficient (Wildman–Crippen LogP) is 6.57. The Morgan fingerprint density at radius 1 is 0.808 bits per heavy atom. The van der Waals surface area contributed by atoms with Crippen LogP contribution in [0.25, 0.3) is 11.1 Å². The molecular formula is C25H33N. The summed E-state index contributed by atoms with van der Waals surface area (Å²) in [6, 6.07) is 21.2. The summed E-state index contributed by atoms with van der Waals surface area (Å²) < 4.78 is 0. The van der Waals surface area contributed by atoms with Gasteiger partial charge < -0.3 is 5.73 Å². The summed E-state index contributed by atoms with van der Waals surface area (Å²) in [6.07, 6.45) is 5.57. The van der Waals surface area contributed by atoms with Gasteiger partial charge in [0.05, 0.1) is 0 Å². The SMILES string of the molecule is C=C(c1ccccc1)[C@@H](CC)C[C@H](CCCCN)C(=C)c1ccccc1.